The molecule has 0 saturated heterocycles. The predicted molar refractivity (Wildman–Crippen MR) is 92.2 cm³/mol. The summed E-state index contributed by atoms with van der Waals surface area (Å²) in [6.07, 6.45) is 2.33. The minimum Gasteiger partial charge on any atom is -0.464 e. The Morgan fingerprint density at radius 2 is 1.91 bits per heavy atom. The highest BCUT2D eigenvalue weighted by Gasteiger charge is 2.36. The van der Waals surface area contributed by atoms with Crippen molar-refractivity contribution in [3.8, 4) is 0 Å². The Morgan fingerprint density at radius 3 is 2.65 bits per heavy atom. The molecule has 2 unspecified atom stereocenters. The van der Waals surface area contributed by atoms with Gasteiger partial charge in [0, 0.05) is 19.1 Å². The largest absolute Gasteiger partial charge is 0.464 e. The maximum absolute atomic E-state index is 5.94. The third kappa shape index (κ3) is 4.46. The first-order valence-electron chi connectivity index (χ1n) is 8.71. The zero-order chi connectivity index (χ0) is 16.1. The fourth-order valence-electron chi connectivity index (χ4n) is 2.92. The average molecular weight is 313 g/mol. The zero-order valence-electron chi connectivity index (χ0n) is 14.2. The van der Waals surface area contributed by atoms with Gasteiger partial charge in [0.15, 0.2) is 0 Å². The van der Waals surface area contributed by atoms with Crippen LogP contribution in [0.5, 0.6) is 0 Å². The molecule has 1 heterocycles. The summed E-state index contributed by atoms with van der Waals surface area (Å²) in [5, 5.41) is 3.48. The van der Waals surface area contributed by atoms with Gasteiger partial charge >= 0.3 is 0 Å². The molecule has 1 aromatic heterocycles. The molecule has 0 spiro atoms. The fraction of sp³-hybridized carbons (Fsp3) is 0.500. The van der Waals surface area contributed by atoms with E-state index in [0.717, 1.165) is 43.6 Å². The first-order chi connectivity index (χ1) is 11.3. The third-order valence-electron chi connectivity index (χ3n) is 4.50. The SMILES string of the molecule is CCCOCc1ccccc1CNCc1ccc(C2CC2C)o1. The fourth-order valence-corrected chi connectivity index (χ4v) is 2.92. The van der Waals surface area contributed by atoms with Crippen LogP contribution in [0.4, 0.5) is 0 Å². The molecule has 0 aliphatic heterocycles. The van der Waals surface area contributed by atoms with Gasteiger partial charge in [-0.2, -0.15) is 0 Å². The van der Waals surface area contributed by atoms with Crippen molar-refractivity contribution in [2.45, 2.75) is 52.3 Å². The number of rotatable bonds is 9. The van der Waals surface area contributed by atoms with E-state index in [0.29, 0.717) is 12.5 Å². The van der Waals surface area contributed by atoms with Gasteiger partial charge in [-0.15, -0.1) is 0 Å². The van der Waals surface area contributed by atoms with Crippen molar-refractivity contribution in [1.29, 1.82) is 0 Å². The topological polar surface area (TPSA) is 34.4 Å². The molecule has 1 saturated carbocycles. The molecular weight excluding hydrogens is 286 g/mol. The molecule has 3 nitrogen and oxygen atoms in total. The van der Waals surface area contributed by atoms with E-state index < -0.39 is 0 Å². The van der Waals surface area contributed by atoms with Crippen molar-refractivity contribution in [3.05, 3.63) is 59.0 Å². The van der Waals surface area contributed by atoms with Crippen molar-refractivity contribution >= 4 is 0 Å². The van der Waals surface area contributed by atoms with Gasteiger partial charge in [0.2, 0.25) is 0 Å². The Balaban J connectivity index is 1.49. The number of ether oxygens (including phenoxy) is 1. The summed E-state index contributed by atoms with van der Waals surface area (Å²) in [5.74, 6) is 3.62. The summed E-state index contributed by atoms with van der Waals surface area (Å²) in [6, 6.07) is 12.7. The molecule has 23 heavy (non-hydrogen) atoms. The van der Waals surface area contributed by atoms with Crippen molar-refractivity contribution in [1.82, 2.24) is 5.32 Å². The molecule has 0 radical (unpaired) electrons. The van der Waals surface area contributed by atoms with Crippen molar-refractivity contribution in [2.75, 3.05) is 6.61 Å². The van der Waals surface area contributed by atoms with Crippen LogP contribution in [0, 0.1) is 5.92 Å². The van der Waals surface area contributed by atoms with Crippen molar-refractivity contribution < 1.29 is 9.15 Å². The molecule has 1 aromatic carbocycles. The van der Waals surface area contributed by atoms with E-state index in [9.17, 15) is 0 Å². The highest BCUT2D eigenvalue weighted by Crippen LogP contribution is 2.47. The molecule has 2 aromatic rings. The Labute approximate surface area is 139 Å². The van der Waals surface area contributed by atoms with Gasteiger partial charge in [0.05, 0.1) is 13.2 Å². The Morgan fingerprint density at radius 1 is 1.13 bits per heavy atom. The molecule has 1 N–H and O–H groups in total. The lowest BCUT2D eigenvalue weighted by Crippen LogP contribution is -2.14. The lowest BCUT2D eigenvalue weighted by atomic mass is 10.1. The van der Waals surface area contributed by atoms with Gasteiger partial charge in [-0.25, -0.2) is 0 Å². The zero-order valence-corrected chi connectivity index (χ0v) is 14.2. The monoisotopic (exact) mass is 313 g/mol. The van der Waals surface area contributed by atoms with E-state index >= 15 is 0 Å². The van der Waals surface area contributed by atoms with Gasteiger partial charge in [-0.3, -0.25) is 0 Å². The van der Waals surface area contributed by atoms with Crippen LogP contribution in [0.1, 0.15) is 55.3 Å². The molecule has 1 fully saturated rings. The standard InChI is InChI=1S/C20H27NO2/c1-3-10-22-14-17-7-5-4-6-16(17)12-21-13-18-8-9-20(23-18)19-11-15(19)2/h4-9,15,19,21H,3,10-14H2,1-2H3. The van der Waals surface area contributed by atoms with Crippen LogP contribution in [0.2, 0.25) is 0 Å². The van der Waals surface area contributed by atoms with Gasteiger partial charge < -0.3 is 14.5 Å². The van der Waals surface area contributed by atoms with Gasteiger partial charge in [-0.1, -0.05) is 38.1 Å². The van der Waals surface area contributed by atoms with Gasteiger partial charge in [0.1, 0.15) is 11.5 Å². The molecule has 0 bridgehead atoms. The van der Waals surface area contributed by atoms with Crippen molar-refractivity contribution in [3.63, 3.8) is 0 Å². The maximum atomic E-state index is 5.94. The van der Waals surface area contributed by atoms with E-state index in [1.165, 1.54) is 17.5 Å². The lowest BCUT2D eigenvalue weighted by Gasteiger charge is -2.10. The Hall–Kier alpha value is -1.58. The number of nitrogens with one attached hydrogen (secondary N) is 1. The van der Waals surface area contributed by atoms with Crippen LogP contribution in [0.25, 0.3) is 0 Å². The number of hydrogen-bond donors (Lipinski definition) is 1. The third-order valence-corrected chi connectivity index (χ3v) is 4.50. The van der Waals surface area contributed by atoms with E-state index in [-0.39, 0.29) is 0 Å². The highest BCUT2D eigenvalue weighted by molar-refractivity contribution is 5.26. The predicted octanol–water partition coefficient (Wildman–Crippen LogP) is 4.62. The molecule has 1 aliphatic rings. The Kier molecular flexibility index (Phi) is 5.52. The van der Waals surface area contributed by atoms with E-state index in [2.05, 4.69) is 55.6 Å². The first-order valence-corrected chi connectivity index (χ1v) is 8.71. The number of benzene rings is 1. The minimum atomic E-state index is 0.653. The summed E-state index contributed by atoms with van der Waals surface area (Å²) < 4.78 is 11.6. The summed E-state index contributed by atoms with van der Waals surface area (Å²) in [5.41, 5.74) is 2.56. The second-order valence-corrected chi connectivity index (χ2v) is 6.55. The number of furan rings is 1. The normalized spacial score (nSPS) is 19.9. The van der Waals surface area contributed by atoms with Crippen molar-refractivity contribution in [2.24, 2.45) is 5.92 Å². The van der Waals surface area contributed by atoms with E-state index in [4.69, 9.17) is 9.15 Å². The maximum Gasteiger partial charge on any atom is 0.117 e. The van der Waals surface area contributed by atoms with E-state index in [1.807, 2.05) is 0 Å². The minimum absolute atomic E-state index is 0.653. The molecule has 2 atom stereocenters. The number of hydrogen-bond acceptors (Lipinski definition) is 3. The van der Waals surface area contributed by atoms with Crippen LogP contribution >= 0.6 is 0 Å². The summed E-state index contributed by atoms with van der Waals surface area (Å²) in [4.78, 5) is 0. The molecule has 1 aliphatic carbocycles. The lowest BCUT2D eigenvalue weighted by molar-refractivity contribution is 0.121. The molecule has 3 heteroatoms. The molecule has 0 amide bonds. The van der Waals surface area contributed by atoms with E-state index in [1.54, 1.807) is 0 Å². The van der Waals surface area contributed by atoms with Crippen LogP contribution < -0.4 is 5.32 Å². The quantitative estimate of drug-likeness (QED) is 0.686. The summed E-state index contributed by atoms with van der Waals surface area (Å²) >= 11 is 0. The first kappa shape index (κ1) is 16.3. The molecular formula is C20H27NO2. The second kappa shape index (κ2) is 7.80. The van der Waals surface area contributed by atoms with Crippen LogP contribution in [0.3, 0.4) is 0 Å². The second-order valence-electron chi connectivity index (χ2n) is 6.55. The smallest absolute Gasteiger partial charge is 0.117 e. The summed E-state index contributed by atoms with van der Waals surface area (Å²) in [7, 11) is 0. The van der Waals surface area contributed by atoms with Gasteiger partial charge in [0.25, 0.3) is 0 Å². The van der Waals surface area contributed by atoms with Crippen LogP contribution in [-0.2, 0) is 24.4 Å². The van der Waals surface area contributed by atoms with Gasteiger partial charge in [-0.05, 0) is 42.0 Å². The molecule has 3 rings (SSSR count). The highest BCUT2D eigenvalue weighted by atomic mass is 16.5. The average Bonchev–Trinajstić information content (AvgIpc) is 3.10. The van der Waals surface area contributed by atoms with Crippen LogP contribution in [0.15, 0.2) is 40.8 Å². The summed E-state index contributed by atoms with van der Waals surface area (Å²) in [6.45, 7) is 7.52. The Bertz CT molecular complexity index is 620. The van der Waals surface area contributed by atoms with Crippen LogP contribution in [-0.4, -0.2) is 6.61 Å². The molecule has 124 valence electrons.